The Kier molecular flexibility index (Phi) is 4.92. The summed E-state index contributed by atoms with van der Waals surface area (Å²) >= 11 is 5.91. The Hall–Kier alpha value is -0.690. The summed E-state index contributed by atoms with van der Waals surface area (Å²) in [6, 6.07) is 2.22. The maximum absolute atomic E-state index is 14.4. The van der Waals surface area contributed by atoms with Crippen molar-refractivity contribution in [3.8, 4) is 0 Å². The van der Waals surface area contributed by atoms with Crippen molar-refractivity contribution in [3.63, 3.8) is 0 Å². The van der Waals surface area contributed by atoms with E-state index in [1.54, 1.807) is 0 Å². The largest absolute Gasteiger partial charge is 0.326 e. The number of piperidine rings is 1. The average molecular weight is 335 g/mol. The molecule has 0 bridgehead atoms. The van der Waals surface area contributed by atoms with Gasteiger partial charge in [-0.05, 0) is 38.8 Å². The van der Waals surface area contributed by atoms with Crippen LogP contribution in [0.1, 0.15) is 38.7 Å². The van der Waals surface area contributed by atoms with Crippen LogP contribution in [-0.2, 0) is 16.6 Å². The molecule has 0 amide bonds. The molecule has 2 atom stereocenters. The lowest BCUT2D eigenvalue weighted by molar-refractivity contribution is 0.203. The Morgan fingerprint density at radius 3 is 2.43 bits per heavy atom. The van der Waals surface area contributed by atoms with Crippen LogP contribution in [-0.4, -0.2) is 24.8 Å². The number of hydrogen-bond acceptors (Lipinski definition) is 3. The molecule has 118 valence electrons. The highest BCUT2D eigenvalue weighted by Crippen LogP contribution is 2.32. The van der Waals surface area contributed by atoms with E-state index >= 15 is 0 Å². The van der Waals surface area contributed by atoms with Crippen molar-refractivity contribution in [1.29, 1.82) is 0 Å². The fourth-order valence-electron chi connectivity index (χ4n) is 2.94. The van der Waals surface area contributed by atoms with Crippen LogP contribution in [0.4, 0.5) is 4.39 Å². The molecule has 1 saturated heterocycles. The van der Waals surface area contributed by atoms with Crippen LogP contribution in [0.25, 0.3) is 0 Å². The number of benzene rings is 1. The van der Waals surface area contributed by atoms with E-state index in [1.165, 1.54) is 16.4 Å². The minimum atomic E-state index is -3.93. The minimum absolute atomic E-state index is 0.0972. The summed E-state index contributed by atoms with van der Waals surface area (Å²) in [5.74, 6) is -0.799. The molecule has 1 fully saturated rings. The van der Waals surface area contributed by atoms with Gasteiger partial charge in [-0.3, -0.25) is 0 Å². The predicted molar refractivity (Wildman–Crippen MR) is 81.1 cm³/mol. The van der Waals surface area contributed by atoms with Gasteiger partial charge in [-0.25, -0.2) is 12.8 Å². The summed E-state index contributed by atoms with van der Waals surface area (Å²) in [5, 5.41) is 0.174. The molecular weight excluding hydrogens is 315 g/mol. The molecule has 0 spiro atoms. The van der Waals surface area contributed by atoms with Gasteiger partial charge in [-0.15, -0.1) is 0 Å². The molecule has 7 heteroatoms. The van der Waals surface area contributed by atoms with Gasteiger partial charge < -0.3 is 5.73 Å². The van der Waals surface area contributed by atoms with Crippen molar-refractivity contribution in [2.45, 2.75) is 56.6 Å². The SMILES string of the molecule is CC1CCCC(C)N1S(=O)(=O)c1cc(Cl)cc(CN)c1F. The average Bonchev–Trinajstić information content (AvgIpc) is 2.40. The minimum Gasteiger partial charge on any atom is -0.326 e. The second-order valence-electron chi connectivity index (χ2n) is 5.55. The van der Waals surface area contributed by atoms with Crippen molar-refractivity contribution in [1.82, 2.24) is 4.31 Å². The molecule has 0 radical (unpaired) electrons. The number of rotatable bonds is 3. The predicted octanol–water partition coefficient (Wildman–Crippen LogP) is 2.89. The first-order chi connectivity index (χ1) is 9.78. The second-order valence-corrected chi connectivity index (χ2v) is 7.79. The molecule has 2 rings (SSSR count). The summed E-state index contributed by atoms with van der Waals surface area (Å²) in [6.07, 6.45) is 2.52. The first-order valence-electron chi connectivity index (χ1n) is 7.00. The molecule has 1 aliphatic heterocycles. The van der Waals surface area contributed by atoms with Crippen molar-refractivity contribution < 1.29 is 12.8 Å². The van der Waals surface area contributed by atoms with Gasteiger partial charge in [0.2, 0.25) is 10.0 Å². The lowest BCUT2D eigenvalue weighted by atomic mass is 10.0. The van der Waals surface area contributed by atoms with Crippen LogP contribution in [0, 0.1) is 5.82 Å². The van der Waals surface area contributed by atoms with E-state index in [2.05, 4.69) is 0 Å². The molecule has 2 unspecified atom stereocenters. The monoisotopic (exact) mass is 334 g/mol. The highest BCUT2D eigenvalue weighted by Gasteiger charge is 2.37. The first-order valence-corrected chi connectivity index (χ1v) is 8.82. The van der Waals surface area contributed by atoms with Crippen LogP contribution >= 0.6 is 11.6 Å². The number of halogens is 2. The van der Waals surface area contributed by atoms with E-state index in [0.717, 1.165) is 19.3 Å². The molecule has 1 aliphatic rings. The number of hydrogen-bond donors (Lipinski definition) is 1. The van der Waals surface area contributed by atoms with Gasteiger partial charge in [0.1, 0.15) is 10.7 Å². The third-order valence-electron chi connectivity index (χ3n) is 3.97. The zero-order valence-corrected chi connectivity index (χ0v) is 13.7. The van der Waals surface area contributed by atoms with Gasteiger partial charge >= 0.3 is 0 Å². The van der Waals surface area contributed by atoms with Crippen molar-refractivity contribution >= 4 is 21.6 Å². The van der Waals surface area contributed by atoms with E-state index in [9.17, 15) is 12.8 Å². The third-order valence-corrected chi connectivity index (χ3v) is 6.31. The van der Waals surface area contributed by atoms with Gasteiger partial charge in [0, 0.05) is 29.2 Å². The molecule has 1 heterocycles. The zero-order valence-electron chi connectivity index (χ0n) is 12.1. The van der Waals surface area contributed by atoms with Gasteiger partial charge in [0.15, 0.2) is 0 Å². The summed E-state index contributed by atoms with van der Waals surface area (Å²) < 4.78 is 41.5. The van der Waals surface area contributed by atoms with E-state index in [0.29, 0.717) is 0 Å². The molecule has 4 nitrogen and oxygen atoms in total. The van der Waals surface area contributed by atoms with E-state index < -0.39 is 15.8 Å². The summed E-state index contributed by atoms with van der Waals surface area (Å²) in [6.45, 7) is 3.60. The maximum Gasteiger partial charge on any atom is 0.246 e. The van der Waals surface area contributed by atoms with E-state index in [1.807, 2.05) is 13.8 Å². The molecule has 1 aromatic carbocycles. The lowest BCUT2D eigenvalue weighted by Gasteiger charge is -2.37. The third kappa shape index (κ3) is 3.08. The maximum atomic E-state index is 14.4. The quantitative estimate of drug-likeness (QED) is 0.924. The Bertz CT molecular complexity index is 626. The molecular formula is C14H20ClFN2O2S. The first kappa shape index (κ1) is 16.7. The van der Waals surface area contributed by atoms with Crippen molar-refractivity contribution in [3.05, 3.63) is 28.5 Å². The number of nitrogens with two attached hydrogens (primary N) is 1. The van der Waals surface area contributed by atoms with Crippen LogP contribution in [0.5, 0.6) is 0 Å². The highest BCUT2D eigenvalue weighted by molar-refractivity contribution is 7.89. The summed E-state index contributed by atoms with van der Waals surface area (Å²) in [5.41, 5.74) is 5.57. The fraction of sp³-hybridized carbons (Fsp3) is 0.571. The zero-order chi connectivity index (χ0) is 15.8. The lowest BCUT2D eigenvalue weighted by Crippen LogP contribution is -2.47. The molecule has 2 N–H and O–H groups in total. The molecule has 0 aromatic heterocycles. The van der Waals surface area contributed by atoms with Crippen LogP contribution in [0.15, 0.2) is 17.0 Å². The van der Waals surface area contributed by atoms with Crippen LogP contribution in [0.3, 0.4) is 0 Å². The summed E-state index contributed by atoms with van der Waals surface area (Å²) in [4.78, 5) is -0.379. The van der Waals surface area contributed by atoms with E-state index in [4.69, 9.17) is 17.3 Å². The molecule has 0 saturated carbocycles. The second kappa shape index (κ2) is 6.20. The van der Waals surface area contributed by atoms with Gasteiger partial charge in [0.05, 0.1) is 0 Å². The fourth-order valence-corrected chi connectivity index (χ4v) is 5.26. The van der Waals surface area contributed by atoms with Crippen LogP contribution in [0.2, 0.25) is 5.02 Å². The van der Waals surface area contributed by atoms with Gasteiger partial charge in [0.25, 0.3) is 0 Å². The Morgan fingerprint density at radius 2 is 1.90 bits per heavy atom. The standard InChI is InChI=1S/C14H20ClFN2O2S/c1-9-4-3-5-10(2)18(9)21(19,20)13-7-12(15)6-11(8-17)14(13)16/h6-7,9-10H,3-5,8,17H2,1-2H3. The molecule has 0 aliphatic carbocycles. The van der Waals surface area contributed by atoms with Crippen molar-refractivity contribution in [2.75, 3.05) is 0 Å². The van der Waals surface area contributed by atoms with E-state index in [-0.39, 0.29) is 34.1 Å². The van der Waals surface area contributed by atoms with Crippen molar-refractivity contribution in [2.24, 2.45) is 5.73 Å². The highest BCUT2D eigenvalue weighted by atomic mass is 35.5. The number of sulfonamides is 1. The Balaban J connectivity index is 2.56. The number of nitrogens with zero attached hydrogens (tertiary/aromatic N) is 1. The molecule has 1 aromatic rings. The Morgan fingerprint density at radius 1 is 1.33 bits per heavy atom. The van der Waals surface area contributed by atoms with Crippen LogP contribution < -0.4 is 5.73 Å². The summed E-state index contributed by atoms with van der Waals surface area (Å²) in [7, 11) is -3.93. The van der Waals surface area contributed by atoms with Gasteiger partial charge in [-0.2, -0.15) is 4.31 Å². The van der Waals surface area contributed by atoms with Gasteiger partial charge in [-0.1, -0.05) is 18.0 Å². The topological polar surface area (TPSA) is 63.4 Å². The normalized spacial score (nSPS) is 24.2. The Labute approximate surface area is 130 Å². The smallest absolute Gasteiger partial charge is 0.246 e. The molecule has 21 heavy (non-hydrogen) atoms.